The van der Waals surface area contributed by atoms with Crippen molar-refractivity contribution in [3.05, 3.63) is 53.6 Å². The minimum atomic E-state index is 0.530. The number of aryl methyl sites for hydroxylation is 2. The summed E-state index contributed by atoms with van der Waals surface area (Å²) >= 11 is 0. The Balaban J connectivity index is 2.13. The third-order valence-corrected chi connectivity index (χ3v) is 3.68. The van der Waals surface area contributed by atoms with E-state index >= 15 is 0 Å². The van der Waals surface area contributed by atoms with Crippen molar-refractivity contribution >= 4 is 5.82 Å². The zero-order chi connectivity index (χ0) is 15.7. The first kappa shape index (κ1) is 14.1. The summed E-state index contributed by atoms with van der Waals surface area (Å²) in [6, 6.07) is 13.7. The van der Waals surface area contributed by atoms with Gasteiger partial charge in [0.25, 0.3) is 0 Å². The molecule has 2 N–H and O–H groups in total. The highest BCUT2D eigenvalue weighted by molar-refractivity contribution is 5.77. The number of nitrogen functional groups attached to an aromatic ring is 1. The van der Waals surface area contributed by atoms with Crippen LogP contribution in [0.15, 0.2) is 42.5 Å². The quantitative estimate of drug-likeness (QED) is 0.806. The van der Waals surface area contributed by atoms with Gasteiger partial charge in [-0.05, 0) is 49.2 Å². The van der Waals surface area contributed by atoms with Crippen molar-refractivity contribution in [1.29, 1.82) is 0 Å². The number of hydrogen-bond donors (Lipinski definition) is 1. The average molecular weight is 294 g/mol. The molecule has 5 nitrogen and oxygen atoms in total. The molecule has 1 aromatic heterocycles. The predicted molar refractivity (Wildman–Crippen MR) is 87.2 cm³/mol. The molecule has 0 aliphatic carbocycles. The van der Waals surface area contributed by atoms with E-state index in [-0.39, 0.29) is 0 Å². The van der Waals surface area contributed by atoms with Gasteiger partial charge in [0, 0.05) is 5.56 Å². The smallest absolute Gasteiger partial charge is 0.155 e. The van der Waals surface area contributed by atoms with E-state index in [0.29, 0.717) is 11.5 Å². The van der Waals surface area contributed by atoms with Crippen LogP contribution in [-0.2, 0) is 0 Å². The van der Waals surface area contributed by atoms with Crippen molar-refractivity contribution in [3.63, 3.8) is 0 Å². The first-order valence-corrected chi connectivity index (χ1v) is 7.04. The number of ether oxygens (including phenoxy) is 1. The Hall–Kier alpha value is -2.82. The van der Waals surface area contributed by atoms with Gasteiger partial charge in [-0.15, -0.1) is 5.10 Å². The van der Waals surface area contributed by atoms with E-state index in [1.54, 1.807) is 11.8 Å². The van der Waals surface area contributed by atoms with Crippen molar-refractivity contribution in [3.8, 4) is 22.7 Å². The van der Waals surface area contributed by atoms with E-state index in [1.165, 1.54) is 0 Å². The lowest BCUT2D eigenvalue weighted by atomic mass is 9.99. The highest BCUT2D eigenvalue weighted by atomic mass is 16.5. The molecule has 0 spiro atoms. The van der Waals surface area contributed by atoms with E-state index in [1.807, 2.05) is 56.3 Å². The van der Waals surface area contributed by atoms with Crippen molar-refractivity contribution < 1.29 is 4.74 Å². The third kappa shape index (κ3) is 2.30. The summed E-state index contributed by atoms with van der Waals surface area (Å²) in [5.41, 5.74) is 11.0. The number of rotatable bonds is 3. The maximum atomic E-state index is 6.28. The molecule has 3 aromatic rings. The van der Waals surface area contributed by atoms with Gasteiger partial charge in [-0.25, -0.2) is 0 Å². The molecular weight excluding hydrogens is 276 g/mol. The van der Waals surface area contributed by atoms with Gasteiger partial charge >= 0.3 is 0 Å². The third-order valence-electron chi connectivity index (χ3n) is 3.68. The molecule has 5 heteroatoms. The van der Waals surface area contributed by atoms with E-state index in [4.69, 9.17) is 10.5 Å². The maximum absolute atomic E-state index is 6.28. The average Bonchev–Trinajstić information content (AvgIpc) is 2.89. The van der Waals surface area contributed by atoms with Crippen LogP contribution in [0.5, 0.6) is 5.75 Å². The van der Waals surface area contributed by atoms with Gasteiger partial charge in [0.05, 0.1) is 12.8 Å². The first-order chi connectivity index (χ1) is 10.6. The Morgan fingerprint density at radius 2 is 1.68 bits per heavy atom. The van der Waals surface area contributed by atoms with Crippen LogP contribution in [0.1, 0.15) is 11.1 Å². The van der Waals surface area contributed by atoms with Crippen LogP contribution in [-0.4, -0.2) is 22.1 Å². The monoisotopic (exact) mass is 294 g/mol. The Morgan fingerprint density at radius 1 is 1.05 bits per heavy atom. The number of nitrogens with two attached hydrogens (primary N) is 1. The Labute approximate surface area is 129 Å². The minimum Gasteiger partial charge on any atom is -0.497 e. The second kappa shape index (κ2) is 5.52. The topological polar surface area (TPSA) is 66.0 Å². The van der Waals surface area contributed by atoms with Gasteiger partial charge in [-0.1, -0.05) is 23.4 Å². The Kier molecular flexibility index (Phi) is 3.55. The lowest BCUT2D eigenvalue weighted by Gasteiger charge is -2.11. The van der Waals surface area contributed by atoms with E-state index in [9.17, 15) is 0 Å². The van der Waals surface area contributed by atoms with Crippen LogP contribution < -0.4 is 10.5 Å². The zero-order valence-corrected chi connectivity index (χ0v) is 12.9. The van der Waals surface area contributed by atoms with Gasteiger partial charge in [0.1, 0.15) is 11.4 Å². The summed E-state index contributed by atoms with van der Waals surface area (Å²) in [6.07, 6.45) is 0. The second-order valence-electron chi connectivity index (χ2n) is 5.21. The minimum absolute atomic E-state index is 0.530. The van der Waals surface area contributed by atoms with Crippen LogP contribution in [0.25, 0.3) is 16.9 Å². The summed E-state index contributed by atoms with van der Waals surface area (Å²) in [6.45, 7) is 4.04. The van der Waals surface area contributed by atoms with Crippen molar-refractivity contribution in [2.45, 2.75) is 13.8 Å². The van der Waals surface area contributed by atoms with Gasteiger partial charge in [-0.2, -0.15) is 4.68 Å². The largest absolute Gasteiger partial charge is 0.497 e. The summed E-state index contributed by atoms with van der Waals surface area (Å²) in [5.74, 6) is 1.36. The summed E-state index contributed by atoms with van der Waals surface area (Å²) < 4.78 is 6.95. The van der Waals surface area contributed by atoms with Gasteiger partial charge in [0.15, 0.2) is 5.82 Å². The molecule has 0 saturated carbocycles. The van der Waals surface area contributed by atoms with Crippen LogP contribution in [0.3, 0.4) is 0 Å². The molecular formula is C17H18N4O. The predicted octanol–water partition coefficient (Wildman–Crippen LogP) is 3.14. The molecule has 0 aliphatic heterocycles. The maximum Gasteiger partial charge on any atom is 0.155 e. The fourth-order valence-electron chi connectivity index (χ4n) is 2.64. The molecule has 3 rings (SSSR count). The number of methoxy groups -OCH3 is 1. The summed E-state index contributed by atoms with van der Waals surface area (Å²) in [7, 11) is 1.66. The van der Waals surface area contributed by atoms with Crippen LogP contribution in [0.2, 0.25) is 0 Å². The molecule has 0 saturated heterocycles. The number of para-hydroxylation sites is 1. The normalized spacial score (nSPS) is 10.7. The second-order valence-corrected chi connectivity index (χ2v) is 5.21. The number of anilines is 1. The molecule has 0 unspecified atom stereocenters. The zero-order valence-electron chi connectivity index (χ0n) is 12.9. The molecule has 0 amide bonds. The Bertz CT molecular complexity index is 786. The standard InChI is InChI=1S/C17H18N4O/c1-11-9-14(22-3)10-12(2)15(11)16-17(18)21(20-19-16)13-7-5-4-6-8-13/h4-10H,18H2,1-3H3. The molecule has 0 fully saturated rings. The lowest BCUT2D eigenvalue weighted by molar-refractivity contribution is 0.414. The lowest BCUT2D eigenvalue weighted by Crippen LogP contribution is -2.02. The summed E-state index contributed by atoms with van der Waals surface area (Å²) in [4.78, 5) is 0. The van der Waals surface area contributed by atoms with Crippen LogP contribution in [0, 0.1) is 13.8 Å². The molecule has 22 heavy (non-hydrogen) atoms. The molecule has 0 bridgehead atoms. The fourth-order valence-corrected chi connectivity index (χ4v) is 2.64. The fraction of sp³-hybridized carbons (Fsp3) is 0.176. The van der Waals surface area contributed by atoms with Crippen LogP contribution in [0.4, 0.5) is 5.82 Å². The Morgan fingerprint density at radius 3 is 2.27 bits per heavy atom. The molecule has 112 valence electrons. The summed E-state index contributed by atoms with van der Waals surface area (Å²) in [5, 5.41) is 8.48. The number of aromatic nitrogens is 3. The highest BCUT2D eigenvalue weighted by Crippen LogP contribution is 2.33. The molecule has 0 radical (unpaired) electrons. The highest BCUT2D eigenvalue weighted by Gasteiger charge is 2.17. The SMILES string of the molecule is COc1cc(C)c(-c2nnn(-c3ccccc3)c2N)c(C)c1. The van der Waals surface area contributed by atoms with Gasteiger partial charge in [0.2, 0.25) is 0 Å². The van der Waals surface area contributed by atoms with E-state index in [2.05, 4.69) is 10.3 Å². The molecule has 1 heterocycles. The molecule has 2 aromatic carbocycles. The van der Waals surface area contributed by atoms with E-state index in [0.717, 1.165) is 28.1 Å². The number of benzene rings is 2. The van der Waals surface area contributed by atoms with Crippen molar-refractivity contribution in [1.82, 2.24) is 15.0 Å². The van der Waals surface area contributed by atoms with Crippen molar-refractivity contribution in [2.75, 3.05) is 12.8 Å². The van der Waals surface area contributed by atoms with Crippen LogP contribution >= 0.6 is 0 Å². The molecule has 0 aliphatic rings. The van der Waals surface area contributed by atoms with Crippen molar-refractivity contribution in [2.24, 2.45) is 0 Å². The van der Waals surface area contributed by atoms with E-state index < -0.39 is 0 Å². The van der Waals surface area contributed by atoms with Gasteiger partial charge in [-0.3, -0.25) is 0 Å². The number of hydrogen-bond acceptors (Lipinski definition) is 4. The van der Waals surface area contributed by atoms with Gasteiger partial charge < -0.3 is 10.5 Å². The molecule has 0 atom stereocenters. The number of nitrogens with zero attached hydrogens (tertiary/aromatic N) is 3. The first-order valence-electron chi connectivity index (χ1n) is 7.04.